The van der Waals surface area contributed by atoms with Crippen molar-refractivity contribution >= 4 is 66.4 Å². The van der Waals surface area contributed by atoms with E-state index in [1.807, 2.05) is 0 Å². The molecule has 8 heteroatoms. The number of anilines is 1. The molecular formula is C14H10Br2ClNO3S. The van der Waals surface area contributed by atoms with Crippen LogP contribution in [0.5, 0.6) is 11.5 Å². The SMILES string of the molecule is O=C(Nc1cc2c(cc1Cl)OCCCO2)c1cc(Br)c(Br)s1. The minimum absolute atomic E-state index is 0.229. The van der Waals surface area contributed by atoms with E-state index in [4.69, 9.17) is 21.1 Å². The third kappa shape index (κ3) is 3.42. The Labute approximate surface area is 153 Å². The smallest absolute Gasteiger partial charge is 0.265 e. The highest BCUT2D eigenvalue weighted by atomic mass is 79.9. The van der Waals surface area contributed by atoms with E-state index in [1.54, 1.807) is 18.2 Å². The zero-order valence-corrected chi connectivity index (χ0v) is 15.9. The third-order valence-corrected chi connectivity index (χ3v) is 6.52. The number of hydrogen-bond acceptors (Lipinski definition) is 4. The fourth-order valence-corrected chi connectivity index (χ4v) is 4.05. The van der Waals surface area contributed by atoms with Crippen molar-refractivity contribution in [3.63, 3.8) is 0 Å². The predicted octanol–water partition coefficient (Wildman–Crippen LogP) is 5.34. The fourth-order valence-electron chi connectivity index (χ4n) is 1.92. The van der Waals surface area contributed by atoms with Crippen molar-refractivity contribution in [1.29, 1.82) is 0 Å². The van der Waals surface area contributed by atoms with Crippen molar-refractivity contribution in [1.82, 2.24) is 0 Å². The maximum Gasteiger partial charge on any atom is 0.265 e. The second-order valence-corrected chi connectivity index (χ2v) is 8.15. The first-order valence-corrected chi connectivity index (χ1v) is 9.18. The molecule has 0 spiro atoms. The van der Waals surface area contributed by atoms with Crippen LogP contribution in [0.1, 0.15) is 16.1 Å². The molecule has 1 aliphatic heterocycles. The molecule has 0 saturated heterocycles. The molecule has 2 aromatic rings. The molecule has 22 heavy (non-hydrogen) atoms. The van der Waals surface area contributed by atoms with Gasteiger partial charge in [-0.3, -0.25) is 4.79 Å². The van der Waals surface area contributed by atoms with Crippen LogP contribution >= 0.6 is 54.8 Å². The van der Waals surface area contributed by atoms with Gasteiger partial charge in [-0.1, -0.05) is 11.6 Å². The highest BCUT2D eigenvalue weighted by Gasteiger charge is 2.17. The summed E-state index contributed by atoms with van der Waals surface area (Å²) < 4.78 is 12.9. The normalized spacial score (nSPS) is 13.6. The molecule has 3 rings (SSSR count). The molecule has 1 N–H and O–H groups in total. The number of rotatable bonds is 2. The van der Waals surface area contributed by atoms with Crippen molar-refractivity contribution in [3.05, 3.63) is 36.4 Å². The molecule has 1 amide bonds. The van der Waals surface area contributed by atoms with Gasteiger partial charge in [0.15, 0.2) is 11.5 Å². The van der Waals surface area contributed by atoms with Crippen LogP contribution in [0.3, 0.4) is 0 Å². The summed E-state index contributed by atoms with van der Waals surface area (Å²) in [6, 6.07) is 5.11. The van der Waals surface area contributed by atoms with Crippen LogP contribution in [-0.2, 0) is 0 Å². The van der Waals surface area contributed by atoms with Crippen LogP contribution in [0, 0.1) is 0 Å². The molecular weight excluding hydrogens is 457 g/mol. The molecule has 2 heterocycles. The number of ether oxygens (including phenoxy) is 2. The van der Waals surface area contributed by atoms with Gasteiger partial charge >= 0.3 is 0 Å². The summed E-state index contributed by atoms with van der Waals surface area (Å²) in [6.45, 7) is 1.17. The quantitative estimate of drug-likeness (QED) is 0.649. The Kier molecular flexibility index (Phi) is 4.97. The summed E-state index contributed by atoms with van der Waals surface area (Å²) >= 11 is 14.3. The van der Waals surface area contributed by atoms with Crippen molar-refractivity contribution in [2.45, 2.75) is 6.42 Å². The van der Waals surface area contributed by atoms with Crippen LogP contribution in [0.25, 0.3) is 0 Å². The van der Waals surface area contributed by atoms with Gasteiger partial charge in [0.25, 0.3) is 5.91 Å². The van der Waals surface area contributed by atoms with Gasteiger partial charge in [0.05, 0.1) is 32.6 Å². The van der Waals surface area contributed by atoms with Crippen LogP contribution in [0.15, 0.2) is 26.5 Å². The van der Waals surface area contributed by atoms with Crippen LogP contribution in [0.4, 0.5) is 5.69 Å². The van der Waals surface area contributed by atoms with Gasteiger partial charge in [0, 0.05) is 23.0 Å². The molecule has 0 unspecified atom stereocenters. The molecule has 1 aromatic carbocycles. The van der Waals surface area contributed by atoms with Gasteiger partial charge in [-0.2, -0.15) is 0 Å². The lowest BCUT2D eigenvalue weighted by atomic mass is 10.2. The third-order valence-electron chi connectivity index (χ3n) is 2.95. The Bertz CT molecular complexity index is 716. The van der Waals surface area contributed by atoms with E-state index in [2.05, 4.69) is 37.2 Å². The average molecular weight is 468 g/mol. The number of nitrogens with one attached hydrogen (secondary N) is 1. The zero-order valence-electron chi connectivity index (χ0n) is 11.1. The molecule has 1 aromatic heterocycles. The fraction of sp³-hybridized carbons (Fsp3) is 0.214. The molecule has 4 nitrogen and oxygen atoms in total. The summed E-state index contributed by atoms with van der Waals surface area (Å²) in [6.07, 6.45) is 0.811. The van der Waals surface area contributed by atoms with Gasteiger partial charge in [0.1, 0.15) is 0 Å². The van der Waals surface area contributed by atoms with E-state index >= 15 is 0 Å². The minimum Gasteiger partial charge on any atom is -0.490 e. The van der Waals surface area contributed by atoms with Crippen molar-refractivity contribution in [2.24, 2.45) is 0 Å². The Hall–Kier alpha value is -0.760. The van der Waals surface area contributed by atoms with E-state index in [1.165, 1.54) is 11.3 Å². The maximum absolute atomic E-state index is 12.3. The van der Waals surface area contributed by atoms with Crippen LogP contribution in [-0.4, -0.2) is 19.1 Å². The predicted molar refractivity (Wildman–Crippen MR) is 94.7 cm³/mol. The monoisotopic (exact) mass is 465 g/mol. The van der Waals surface area contributed by atoms with E-state index in [0.717, 1.165) is 14.7 Å². The van der Waals surface area contributed by atoms with E-state index in [9.17, 15) is 4.79 Å². The van der Waals surface area contributed by atoms with Crippen LogP contribution < -0.4 is 14.8 Å². The van der Waals surface area contributed by atoms with E-state index < -0.39 is 0 Å². The van der Waals surface area contributed by atoms with Crippen molar-refractivity contribution in [2.75, 3.05) is 18.5 Å². The number of fused-ring (bicyclic) bond motifs is 1. The van der Waals surface area contributed by atoms with Gasteiger partial charge in [-0.05, 0) is 37.9 Å². The van der Waals surface area contributed by atoms with Gasteiger partial charge in [-0.15, -0.1) is 11.3 Å². The molecule has 0 fully saturated rings. The highest BCUT2D eigenvalue weighted by molar-refractivity contribution is 9.13. The summed E-state index contributed by atoms with van der Waals surface area (Å²) in [5, 5.41) is 3.21. The second-order valence-electron chi connectivity index (χ2n) is 4.52. The van der Waals surface area contributed by atoms with Crippen molar-refractivity contribution in [3.8, 4) is 11.5 Å². The maximum atomic E-state index is 12.3. The Morgan fingerprint density at radius 2 is 1.86 bits per heavy atom. The van der Waals surface area contributed by atoms with Crippen LogP contribution in [0.2, 0.25) is 5.02 Å². The highest BCUT2D eigenvalue weighted by Crippen LogP contribution is 2.38. The van der Waals surface area contributed by atoms with Gasteiger partial charge in [-0.25, -0.2) is 0 Å². The second kappa shape index (κ2) is 6.78. The number of halogens is 3. The lowest BCUT2D eigenvalue weighted by molar-refractivity contribution is 0.103. The first-order valence-electron chi connectivity index (χ1n) is 6.40. The molecule has 0 radical (unpaired) electrons. The zero-order chi connectivity index (χ0) is 15.7. The van der Waals surface area contributed by atoms with Gasteiger partial charge < -0.3 is 14.8 Å². The van der Waals surface area contributed by atoms with E-state index in [-0.39, 0.29) is 5.91 Å². The minimum atomic E-state index is -0.229. The first-order chi connectivity index (χ1) is 10.5. The molecule has 0 aliphatic carbocycles. The molecule has 0 bridgehead atoms. The number of benzene rings is 1. The lowest BCUT2D eigenvalue weighted by Gasteiger charge is -2.12. The number of carbonyl (C=O) groups is 1. The summed E-state index contributed by atoms with van der Waals surface area (Å²) in [4.78, 5) is 12.9. The largest absolute Gasteiger partial charge is 0.490 e. The Balaban J connectivity index is 1.85. The molecule has 1 aliphatic rings. The number of carbonyl (C=O) groups excluding carboxylic acids is 1. The summed E-state index contributed by atoms with van der Waals surface area (Å²) in [7, 11) is 0. The number of amides is 1. The first kappa shape index (κ1) is 16.1. The Morgan fingerprint density at radius 3 is 2.50 bits per heavy atom. The van der Waals surface area contributed by atoms with Crippen molar-refractivity contribution < 1.29 is 14.3 Å². The average Bonchev–Trinajstić information content (AvgIpc) is 2.69. The lowest BCUT2D eigenvalue weighted by Crippen LogP contribution is -2.10. The van der Waals surface area contributed by atoms with E-state index in [0.29, 0.717) is 40.3 Å². The summed E-state index contributed by atoms with van der Waals surface area (Å²) in [5.41, 5.74) is 0.497. The standard InChI is InChI=1S/C14H10Br2ClNO3S/c15-7-4-12(22-13(7)16)14(19)18-9-6-11-10(5-8(9)17)20-2-1-3-21-11/h4-6H,1-3H2,(H,18,19). The molecule has 0 atom stereocenters. The molecule has 0 saturated carbocycles. The molecule has 116 valence electrons. The number of hydrogen-bond donors (Lipinski definition) is 1. The van der Waals surface area contributed by atoms with Gasteiger partial charge in [0.2, 0.25) is 0 Å². The number of thiophene rings is 1. The topological polar surface area (TPSA) is 47.6 Å². The summed E-state index contributed by atoms with van der Waals surface area (Å²) in [5.74, 6) is 0.959. The Morgan fingerprint density at radius 1 is 1.18 bits per heavy atom.